The number of thiophene rings is 1. The van der Waals surface area contributed by atoms with E-state index in [9.17, 15) is 4.79 Å². The smallest absolute Gasteiger partial charge is 0.332 e. The first-order chi connectivity index (χ1) is 15.8. The number of piperidine rings is 1. The minimum absolute atomic E-state index is 0.0303. The largest absolute Gasteiger partial charge is 0.378 e. The lowest BCUT2D eigenvalue weighted by atomic mass is 9.94. The molecule has 3 fully saturated rings. The van der Waals surface area contributed by atoms with Crippen molar-refractivity contribution in [3.8, 4) is 0 Å². The van der Waals surface area contributed by atoms with E-state index < -0.39 is 0 Å². The van der Waals surface area contributed by atoms with E-state index in [1.165, 1.54) is 41.6 Å². The molecule has 0 spiro atoms. The highest BCUT2D eigenvalue weighted by molar-refractivity contribution is 7.17. The minimum Gasteiger partial charge on any atom is -0.378 e. The molecule has 0 aliphatic carbocycles. The van der Waals surface area contributed by atoms with E-state index in [-0.39, 0.29) is 6.03 Å². The van der Waals surface area contributed by atoms with Gasteiger partial charge in [-0.05, 0) is 55.3 Å². The Bertz CT molecular complexity index is 883. The third-order valence-electron chi connectivity index (χ3n) is 7.21. The highest BCUT2D eigenvalue weighted by Crippen LogP contribution is 2.31. The van der Waals surface area contributed by atoms with Crippen LogP contribution in [0.15, 0.2) is 29.6 Å². The van der Waals surface area contributed by atoms with Crippen LogP contribution in [0.4, 0.5) is 10.5 Å². The molecular weight excluding hydrogens is 422 g/mol. The van der Waals surface area contributed by atoms with Gasteiger partial charge in [0.2, 0.25) is 0 Å². The zero-order valence-electron chi connectivity index (χ0n) is 18.9. The van der Waals surface area contributed by atoms with E-state index in [1.807, 2.05) is 16.2 Å². The molecule has 0 bridgehead atoms. The van der Waals surface area contributed by atoms with Crippen LogP contribution in [0.5, 0.6) is 0 Å². The second kappa shape index (κ2) is 10.4. The molecule has 3 aliphatic heterocycles. The molecule has 1 aromatic heterocycles. The normalized spacial score (nSPS) is 21.9. The van der Waals surface area contributed by atoms with Crippen molar-refractivity contribution >= 4 is 33.1 Å². The standard InChI is InChI=1S/C24H35N5O2S/c30-24(28-15-17-31-18-16-28)25-29-9-5-20(6-10-29)4-8-26-11-13-27(14-12-26)22-2-1-3-23-21(22)7-19-32-23/h1-3,7,19-20H,4-6,8-18H2,(H,25,30). The number of benzene rings is 1. The summed E-state index contributed by atoms with van der Waals surface area (Å²) in [6, 6.07) is 8.98. The van der Waals surface area contributed by atoms with Crippen LogP contribution in [-0.2, 0) is 4.74 Å². The Balaban J connectivity index is 1.01. The number of fused-ring (bicyclic) bond motifs is 1. The first kappa shape index (κ1) is 21.9. The van der Waals surface area contributed by atoms with E-state index in [2.05, 4.69) is 49.9 Å². The lowest BCUT2D eigenvalue weighted by molar-refractivity contribution is 0.0423. The third kappa shape index (κ3) is 5.20. The Morgan fingerprint density at radius 2 is 1.78 bits per heavy atom. The summed E-state index contributed by atoms with van der Waals surface area (Å²) in [5.74, 6) is 0.768. The zero-order chi connectivity index (χ0) is 21.8. The Hall–Kier alpha value is -1.87. The summed E-state index contributed by atoms with van der Waals surface area (Å²) in [6.45, 7) is 10.3. The van der Waals surface area contributed by atoms with Crippen molar-refractivity contribution in [1.82, 2.24) is 20.2 Å². The number of nitrogens with zero attached hydrogens (tertiary/aromatic N) is 4. The Morgan fingerprint density at radius 3 is 2.56 bits per heavy atom. The van der Waals surface area contributed by atoms with Crippen LogP contribution in [0.1, 0.15) is 19.3 Å². The molecule has 1 aromatic carbocycles. The molecule has 3 saturated heterocycles. The Kier molecular flexibility index (Phi) is 7.12. The maximum absolute atomic E-state index is 12.4. The van der Waals surface area contributed by atoms with Crippen LogP contribution >= 0.6 is 11.3 Å². The van der Waals surface area contributed by atoms with Crippen LogP contribution in [0.3, 0.4) is 0 Å². The molecule has 3 aliphatic rings. The van der Waals surface area contributed by atoms with E-state index in [0.717, 1.165) is 45.2 Å². The lowest BCUT2D eigenvalue weighted by Crippen LogP contribution is -2.54. The topological polar surface area (TPSA) is 51.3 Å². The fourth-order valence-electron chi connectivity index (χ4n) is 5.14. The molecule has 5 rings (SSSR count). The van der Waals surface area contributed by atoms with Gasteiger partial charge in [0, 0.05) is 68.1 Å². The quantitative estimate of drug-likeness (QED) is 0.748. The van der Waals surface area contributed by atoms with Crippen LogP contribution in [-0.4, -0.2) is 93.0 Å². The predicted molar refractivity (Wildman–Crippen MR) is 130 cm³/mol. The number of hydrazine groups is 1. The molecule has 4 heterocycles. The highest BCUT2D eigenvalue weighted by atomic mass is 32.1. The second-order valence-electron chi connectivity index (χ2n) is 9.17. The fraction of sp³-hybridized carbons (Fsp3) is 0.625. The van der Waals surface area contributed by atoms with Crippen molar-refractivity contribution < 1.29 is 9.53 Å². The van der Waals surface area contributed by atoms with Gasteiger partial charge in [-0.1, -0.05) is 6.07 Å². The van der Waals surface area contributed by atoms with Gasteiger partial charge in [-0.15, -0.1) is 11.3 Å². The van der Waals surface area contributed by atoms with Crippen LogP contribution in [0.25, 0.3) is 10.1 Å². The van der Waals surface area contributed by atoms with Gasteiger partial charge in [0.1, 0.15) is 0 Å². The van der Waals surface area contributed by atoms with Gasteiger partial charge in [-0.25, -0.2) is 9.80 Å². The summed E-state index contributed by atoms with van der Waals surface area (Å²) in [7, 11) is 0. The molecule has 2 aromatic rings. The van der Waals surface area contributed by atoms with Crippen molar-refractivity contribution in [2.45, 2.75) is 19.3 Å². The van der Waals surface area contributed by atoms with E-state index in [1.54, 1.807) is 0 Å². The Morgan fingerprint density at radius 1 is 1.00 bits per heavy atom. The van der Waals surface area contributed by atoms with Gasteiger partial charge in [0.05, 0.1) is 13.2 Å². The second-order valence-corrected chi connectivity index (χ2v) is 10.1. The molecule has 7 nitrogen and oxygen atoms in total. The first-order valence-electron chi connectivity index (χ1n) is 12.1. The number of carbonyl (C=O) groups is 1. The number of rotatable bonds is 5. The molecule has 0 unspecified atom stereocenters. The molecule has 1 N–H and O–H groups in total. The number of urea groups is 1. The third-order valence-corrected chi connectivity index (χ3v) is 8.09. The number of carbonyl (C=O) groups excluding carboxylic acids is 1. The first-order valence-corrected chi connectivity index (χ1v) is 13.0. The van der Waals surface area contributed by atoms with Gasteiger partial charge >= 0.3 is 6.03 Å². The summed E-state index contributed by atoms with van der Waals surface area (Å²) in [4.78, 5) is 19.4. The van der Waals surface area contributed by atoms with Gasteiger partial charge in [0.15, 0.2) is 0 Å². The van der Waals surface area contributed by atoms with E-state index in [4.69, 9.17) is 4.74 Å². The highest BCUT2D eigenvalue weighted by Gasteiger charge is 2.25. The summed E-state index contributed by atoms with van der Waals surface area (Å²) < 4.78 is 6.72. The fourth-order valence-corrected chi connectivity index (χ4v) is 5.94. The number of hydrogen-bond acceptors (Lipinski definition) is 6. The molecule has 174 valence electrons. The minimum atomic E-state index is 0.0303. The number of nitrogens with one attached hydrogen (secondary N) is 1. The Labute approximate surface area is 194 Å². The van der Waals surface area contributed by atoms with Crippen molar-refractivity contribution in [2.24, 2.45) is 5.92 Å². The molecule has 0 saturated carbocycles. The number of ether oxygens (including phenoxy) is 1. The molecule has 8 heteroatoms. The van der Waals surface area contributed by atoms with Gasteiger partial charge < -0.3 is 14.5 Å². The number of hydrogen-bond donors (Lipinski definition) is 1. The summed E-state index contributed by atoms with van der Waals surface area (Å²) >= 11 is 1.83. The van der Waals surface area contributed by atoms with Crippen molar-refractivity contribution in [1.29, 1.82) is 0 Å². The van der Waals surface area contributed by atoms with Gasteiger partial charge in [0.25, 0.3) is 0 Å². The molecular formula is C24H35N5O2S. The predicted octanol–water partition coefficient (Wildman–Crippen LogP) is 3.08. The summed E-state index contributed by atoms with van der Waals surface area (Å²) in [6.07, 6.45) is 3.61. The number of amides is 2. The SMILES string of the molecule is O=C(NN1CCC(CCN2CCN(c3cccc4sccc34)CC2)CC1)N1CCOCC1. The number of morpholine rings is 1. The van der Waals surface area contributed by atoms with Gasteiger partial charge in [-0.3, -0.25) is 10.3 Å². The van der Waals surface area contributed by atoms with Crippen LogP contribution in [0.2, 0.25) is 0 Å². The van der Waals surface area contributed by atoms with Gasteiger partial charge in [-0.2, -0.15) is 0 Å². The van der Waals surface area contributed by atoms with E-state index >= 15 is 0 Å². The van der Waals surface area contributed by atoms with E-state index in [0.29, 0.717) is 26.3 Å². The average molecular weight is 458 g/mol. The molecule has 2 amide bonds. The van der Waals surface area contributed by atoms with Crippen LogP contribution < -0.4 is 10.3 Å². The number of piperazine rings is 1. The maximum Gasteiger partial charge on any atom is 0.332 e. The monoisotopic (exact) mass is 457 g/mol. The lowest BCUT2D eigenvalue weighted by Gasteiger charge is -2.38. The number of anilines is 1. The van der Waals surface area contributed by atoms with Crippen molar-refractivity contribution in [2.75, 3.05) is 77.0 Å². The summed E-state index contributed by atoms with van der Waals surface area (Å²) in [5, 5.41) is 5.71. The molecule has 0 atom stereocenters. The van der Waals surface area contributed by atoms with Crippen LogP contribution in [0, 0.1) is 5.92 Å². The average Bonchev–Trinajstić information content (AvgIpc) is 3.34. The molecule has 0 radical (unpaired) electrons. The molecule has 32 heavy (non-hydrogen) atoms. The van der Waals surface area contributed by atoms with Crippen molar-refractivity contribution in [3.05, 3.63) is 29.6 Å². The van der Waals surface area contributed by atoms with Crippen molar-refractivity contribution in [3.63, 3.8) is 0 Å². The summed E-state index contributed by atoms with van der Waals surface area (Å²) in [5.41, 5.74) is 4.49. The maximum atomic E-state index is 12.4. The zero-order valence-corrected chi connectivity index (χ0v) is 19.7.